The smallest absolute Gasteiger partial charge is 0.337 e. The molecule has 152 valence electrons. The van der Waals surface area contributed by atoms with Crippen LogP contribution in [-0.4, -0.2) is 32.5 Å². The van der Waals surface area contributed by atoms with Crippen molar-refractivity contribution in [3.63, 3.8) is 0 Å². The van der Waals surface area contributed by atoms with E-state index in [1.807, 2.05) is 7.05 Å². The minimum Gasteiger partial charge on any atom is -0.872 e. The molecule has 0 aliphatic carbocycles. The summed E-state index contributed by atoms with van der Waals surface area (Å²) < 4.78 is 10.5. The average molecular weight is 395 g/mol. The Balaban J connectivity index is 1.85. The molecule has 0 saturated carbocycles. The number of esters is 1. The molecule has 3 rings (SSSR count). The highest BCUT2D eigenvalue weighted by atomic mass is 16.5. The first-order chi connectivity index (χ1) is 13.9. The third-order valence-electron chi connectivity index (χ3n) is 4.96. The number of Topliss-reactive ketones (excluding diaryl/α,β-unsaturated/α-hetero) is 1. The van der Waals surface area contributed by atoms with Gasteiger partial charge in [-0.1, -0.05) is 37.3 Å². The van der Waals surface area contributed by atoms with Crippen LogP contribution in [0.2, 0.25) is 0 Å². The molecule has 1 aliphatic rings. The molecule has 1 atom stereocenters. The van der Waals surface area contributed by atoms with Crippen LogP contribution in [0.4, 0.5) is 0 Å². The van der Waals surface area contributed by atoms with Gasteiger partial charge in [0.15, 0.2) is 5.76 Å². The minimum absolute atomic E-state index is 0.115. The number of unbranched alkanes of at least 4 members (excludes halogenated alkanes) is 1. The number of hydrogen-bond acceptors (Lipinski definition) is 5. The van der Waals surface area contributed by atoms with Gasteiger partial charge in [-0.15, -0.1) is 0 Å². The lowest BCUT2D eigenvalue weighted by molar-refractivity contribution is -0.894. The third kappa shape index (κ3) is 4.49. The van der Waals surface area contributed by atoms with E-state index < -0.39 is 5.97 Å². The Morgan fingerprint density at radius 1 is 1.21 bits per heavy atom. The highest BCUT2D eigenvalue weighted by Gasteiger charge is 2.30. The summed E-state index contributed by atoms with van der Waals surface area (Å²) in [5.74, 6) is -0.243. The van der Waals surface area contributed by atoms with Crippen molar-refractivity contribution in [1.29, 1.82) is 0 Å². The first kappa shape index (κ1) is 20.6. The lowest BCUT2D eigenvalue weighted by Crippen LogP contribution is -3.07. The number of hydrogen-bond donors (Lipinski definition) is 1. The van der Waals surface area contributed by atoms with Gasteiger partial charge < -0.3 is 19.5 Å². The molecule has 0 fully saturated rings. The summed E-state index contributed by atoms with van der Waals surface area (Å²) in [5.41, 5.74) is 2.09. The lowest BCUT2D eigenvalue weighted by atomic mass is 10.0. The molecular formula is C23H25NO5. The van der Waals surface area contributed by atoms with Crippen LogP contribution in [0, 0.1) is 0 Å². The summed E-state index contributed by atoms with van der Waals surface area (Å²) in [6, 6.07) is 9.64. The molecule has 6 heteroatoms. The Morgan fingerprint density at radius 3 is 2.59 bits per heavy atom. The summed E-state index contributed by atoms with van der Waals surface area (Å²) in [6.45, 7) is 3.59. The maximum atomic E-state index is 12.8. The van der Waals surface area contributed by atoms with Crippen molar-refractivity contribution in [2.75, 3.05) is 20.7 Å². The molecule has 2 aromatic rings. The van der Waals surface area contributed by atoms with Crippen LogP contribution in [0.5, 0.6) is 11.5 Å². The van der Waals surface area contributed by atoms with Gasteiger partial charge >= 0.3 is 5.97 Å². The molecule has 6 nitrogen and oxygen atoms in total. The predicted octanol–water partition coefficient (Wildman–Crippen LogP) is 1.98. The number of ether oxygens (including phenoxy) is 2. The van der Waals surface area contributed by atoms with E-state index in [-0.39, 0.29) is 17.3 Å². The molecular weight excluding hydrogens is 370 g/mol. The molecule has 1 heterocycles. The van der Waals surface area contributed by atoms with Crippen LogP contribution in [0.3, 0.4) is 0 Å². The number of rotatable bonds is 7. The molecule has 1 unspecified atom stereocenters. The second kappa shape index (κ2) is 8.92. The third-order valence-corrected chi connectivity index (χ3v) is 4.96. The van der Waals surface area contributed by atoms with E-state index in [4.69, 9.17) is 4.74 Å². The fourth-order valence-electron chi connectivity index (χ4n) is 3.31. The van der Waals surface area contributed by atoms with E-state index in [0.717, 1.165) is 19.4 Å². The van der Waals surface area contributed by atoms with Gasteiger partial charge in [0.25, 0.3) is 0 Å². The summed E-state index contributed by atoms with van der Waals surface area (Å²) in [4.78, 5) is 25.5. The fraction of sp³-hybridized carbons (Fsp3) is 0.304. The SMILES string of the molecule is CCCC[NH+](C)Cc1c([O-])ccc2c1OC(=Cc1ccc(C(=O)OC)cc1)C2=O. The minimum atomic E-state index is -0.424. The van der Waals surface area contributed by atoms with Gasteiger partial charge in [-0.05, 0) is 36.3 Å². The zero-order valence-corrected chi connectivity index (χ0v) is 16.9. The molecule has 0 aromatic heterocycles. The van der Waals surface area contributed by atoms with Gasteiger partial charge in [0.2, 0.25) is 5.78 Å². The van der Waals surface area contributed by atoms with E-state index >= 15 is 0 Å². The second-order valence-corrected chi connectivity index (χ2v) is 7.21. The summed E-state index contributed by atoms with van der Waals surface area (Å²) in [5, 5.41) is 12.4. The number of ketones is 1. The maximum Gasteiger partial charge on any atom is 0.337 e. The molecule has 0 bridgehead atoms. The van der Waals surface area contributed by atoms with E-state index in [9.17, 15) is 14.7 Å². The van der Waals surface area contributed by atoms with Crippen LogP contribution in [0.1, 0.15) is 51.6 Å². The number of carbonyl (C=O) groups is 2. The summed E-state index contributed by atoms with van der Waals surface area (Å²) in [6.07, 6.45) is 3.78. The lowest BCUT2D eigenvalue weighted by Gasteiger charge is -2.20. The number of methoxy groups -OCH3 is 1. The van der Waals surface area contributed by atoms with Crippen molar-refractivity contribution in [2.45, 2.75) is 26.3 Å². The van der Waals surface area contributed by atoms with E-state index in [1.165, 1.54) is 24.1 Å². The van der Waals surface area contributed by atoms with Gasteiger partial charge in [0.1, 0.15) is 12.3 Å². The van der Waals surface area contributed by atoms with E-state index in [2.05, 4.69) is 11.7 Å². The average Bonchev–Trinajstić information content (AvgIpc) is 3.04. The Bertz CT molecular complexity index is 946. The van der Waals surface area contributed by atoms with Crippen LogP contribution in [0.25, 0.3) is 6.08 Å². The van der Waals surface area contributed by atoms with Crippen molar-refractivity contribution in [3.05, 3.63) is 64.4 Å². The zero-order chi connectivity index (χ0) is 21.0. The topological polar surface area (TPSA) is 80.1 Å². The number of carbonyl (C=O) groups excluding carboxylic acids is 2. The molecule has 0 saturated heterocycles. The van der Waals surface area contributed by atoms with E-state index in [0.29, 0.717) is 34.5 Å². The Morgan fingerprint density at radius 2 is 1.93 bits per heavy atom. The van der Waals surface area contributed by atoms with Gasteiger partial charge in [-0.3, -0.25) is 4.79 Å². The second-order valence-electron chi connectivity index (χ2n) is 7.21. The van der Waals surface area contributed by atoms with Gasteiger partial charge in [-0.2, -0.15) is 0 Å². The predicted molar refractivity (Wildman–Crippen MR) is 107 cm³/mol. The Kier molecular flexibility index (Phi) is 6.34. The van der Waals surface area contributed by atoms with Crippen molar-refractivity contribution < 1.29 is 29.1 Å². The normalized spacial score (nSPS) is 15.1. The van der Waals surface area contributed by atoms with Crippen LogP contribution >= 0.6 is 0 Å². The molecule has 1 N–H and O–H groups in total. The summed E-state index contributed by atoms with van der Waals surface area (Å²) >= 11 is 0. The maximum absolute atomic E-state index is 12.8. The first-order valence-electron chi connectivity index (χ1n) is 9.71. The molecule has 0 radical (unpaired) electrons. The van der Waals surface area contributed by atoms with Crippen molar-refractivity contribution in [2.24, 2.45) is 0 Å². The monoisotopic (exact) mass is 395 g/mol. The van der Waals surface area contributed by atoms with Gasteiger partial charge in [-0.25, -0.2) is 4.79 Å². The summed E-state index contributed by atoms with van der Waals surface area (Å²) in [7, 11) is 3.36. The van der Waals surface area contributed by atoms with Gasteiger partial charge in [0, 0.05) is 5.56 Å². The molecule has 0 spiro atoms. The molecule has 2 aromatic carbocycles. The van der Waals surface area contributed by atoms with Crippen molar-refractivity contribution in [1.82, 2.24) is 0 Å². The molecule has 0 amide bonds. The molecule has 29 heavy (non-hydrogen) atoms. The van der Waals surface area contributed by atoms with Gasteiger partial charge in [0.05, 0.1) is 31.8 Å². The highest BCUT2D eigenvalue weighted by molar-refractivity contribution is 6.15. The number of benzene rings is 2. The number of quaternary nitrogens is 1. The molecule has 1 aliphatic heterocycles. The largest absolute Gasteiger partial charge is 0.872 e. The number of nitrogens with one attached hydrogen (secondary N) is 1. The zero-order valence-electron chi connectivity index (χ0n) is 16.9. The standard InChI is InChI=1S/C23H25NO5/c1-4-5-12-24(2)14-18-19(25)11-10-17-21(26)20(29-22(17)18)13-15-6-8-16(9-7-15)23(27)28-3/h6-11,13,25H,4-5,12,14H2,1-3H3. The number of allylic oxidation sites excluding steroid dienone is 1. The highest BCUT2D eigenvalue weighted by Crippen LogP contribution is 2.38. The van der Waals surface area contributed by atoms with Crippen molar-refractivity contribution in [3.8, 4) is 11.5 Å². The first-order valence-corrected chi connectivity index (χ1v) is 9.71. The van der Waals surface area contributed by atoms with Crippen molar-refractivity contribution >= 4 is 17.8 Å². The van der Waals surface area contributed by atoms with Crippen LogP contribution < -0.4 is 14.7 Å². The fourth-order valence-corrected chi connectivity index (χ4v) is 3.31. The Hall–Kier alpha value is -3.12. The van der Waals surface area contributed by atoms with Crippen LogP contribution in [0.15, 0.2) is 42.2 Å². The number of fused-ring (bicyclic) bond motifs is 1. The Labute approximate surface area is 170 Å². The van der Waals surface area contributed by atoms with Crippen LogP contribution in [-0.2, 0) is 11.3 Å². The quantitative estimate of drug-likeness (QED) is 0.573. The van der Waals surface area contributed by atoms with E-state index in [1.54, 1.807) is 30.3 Å².